The first kappa shape index (κ1) is 16.8. The van der Waals surface area contributed by atoms with Crippen molar-refractivity contribution >= 4 is 12.0 Å². The van der Waals surface area contributed by atoms with Crippen LogP contribution in [-0.2, 0) is 4.79 Å². The van der Waals surface area contributed by atoms with E-state index in [4.69, 9.17) is 0 Å². The quantitative estimate of drug-likeness (QED) is 0.726. The van der Waals surface area contributed by atoms with Crippen LogP contribution in [0.3, 0.4) is 0 Å². The van der Waals surface area contributed by atoms with Gasteiger partial charge in [-0.25, -0.2) is 9.59 Å². The van der Waals surface area contributed by atoms with Crippen LogP contribution in [0.4, 0.5) is 4.79 Å². The third-order valence-corrected chi connectivity index (χ3v) is 4.54. The minimum absolute atomic E-state index is 0.154. The van der Waals surface area contributed by atoms with Gasteiger partial charge in [0.05, 0.1) is 0 Å². The fourth-order valence-corrected chi connectivity index (χ4v) is 2.87. The number of urea groups is 1. The van der Waals surface area contributed by atoms with Crippen molar-refractivity contribution in [2.75, 3.05) is 0 Å². The number of hydrogen-bond acceptors (Lipinski definition) is 2. The Kier molecular flexibility index (Phi) is 5.84. The molecule has 116 valence electrons. The monoisotopic (exact) mass is 284 g/mol. The lowest BCUT2D eigenvalue weighted by Gasteiger charge is -2.33. The van der Waals surface area contributed by atoms with Crippen LogP contribution < -0.4 is 10.6 Å². The molecule has 20 heavy (non-hydrogen) atoms. The molecule has 0 heterocycles. The zero-order valence-corrected chi connectivity index (χ0v) is 13.0. The molecule has 2 amide bonds. The molecule has 0 spiro atoms. The minimum Gasteiger partial charge on any atom is -0.480 e. The normalized spacial score (nSPS) is 29.3. The average Bonchev–Trinajstić information content (AvgIpc) is 2.33. The fraction of sp³-hybridized carbons (Fsp3) is 0.867. The van der Waals surface area contributed by atoms with Gasteiger partial charge in [0.2, 0.25) is 0 Å². The smallest absolute Gasteiger partial charge is 0.329 e. The Morgan fingerprint density at radius 2 is 1.90 bits per heavy atom. The highest BCUT2D eigenvalue weighted by Gasteiger charge is 2.34. The summed E-state index contributed by atoms with van der Waals surface area (Å²) in [5.41, 5.74) is -1.19. The first-order valence-electron chi connectivity index (χ1n) is 7.60. The molecule has 1 fully saturated rings. The van der Waals surface area contributed by atoms with Crippen LogP contribution >= 0.6 is 0 Å². The predicted molar refractivity (Wildman–Crippen MR) is 78.6 cm³/mol. The molecule has 4 atom stereocenters. The van der Waals surface area contributed by atoms with Crippen LogP contribution in [0.2, 0.25) is 0 Å². The summed E-state index contributed by atoms with van der Waals surface area (Å²) in [4.78, 5) is 23.3. The highest BCUT2D eigenvalue weighted by atomic mass is 16.4. The highest BCUT2D eigenvalue weighted by Crippen LogP contribution is 2.29. The molecule has 3 N–H and O–H groups in total. The Balaban J connectivity index is 2.52. The maximum atomic E-state index is 12.0. The van der Waals surface area contributed by atoms with E-state index in [2.05, 4.69) is 24.5 Å². The average molecular weight is 284 g/mol. The van der Waals surface area contributed by atoms with Gasteiger partial charge in [-0.3, -0.25) is 0 Å². The van der Waals surface area contributed by atoms with Gasteiger partial charge in [0.15, 0.2) is 0 Å². The van der Waals surface area contributed by atoms with E-state index in [1.54, 1.807) is 6.92 Å². The van der Waals surface area contributed by atoms with Crippen molar-refractivity contribution in [2.24, 2.45) is 11.8 Å². The molecule has 0 aromatic carbocycles. The molecule has 0 radical (unpaired) electrons. The Morgan fingerprint density at radius 1 is 1.25 bits per heavy atom. The third kappa shape index (κ3) is 4.39. The van der Waals surface area contributed by atoms with E-state index >= 15 is 0 Å². The van der Waals surface area contributed by atoms with Crippen molar-refractivity contribution in [2.45, 2.75) is 71.4 Å². The third-order valence-electron chi connectivity index (χ3n) is 4.54. The van der Waals surface area contributed by atoms with Crippen molar-refractivity contribution in [3.8, 4) is 0 Å². The number of carbonyl (C=O) groups excluding carboxylic acids is 1. The topological polar surface area (TPSA) is 78.4 Å². The van der Waals surface area contributed by atoms with Crippen molar-refractivity contribution in [1.82, 2.24) is 10.6 Å². The summed E-state index contributed by atoms with van der Waals surface area (Å²) in [7, 11) is 0. The lowest BCUT2D eigenvalue weighted by Crippen LogP contribution is -2.57. The van der Waals surface area contributed by atoms with Crippen LogP contribution in [-0.4, -0.2) is 28.7 Å². The molecule has 1 saturated carbocycles. The highest BCUT2D eigenvalue weighted by molar-refractivity contribution is 5.85. The van der Waals surface area contributed by atoms with Gasteiger partial charge < -0.3 is 15.7 Å². The number of carboxylic acids is 1. The number of hydrogen-bond donors (Lipinski definition) is 3. The minimum atomic E-state index is -1.19. The first-order valence-corrected chi connectivity index (χ1v) is 7.60. The first-order chi connectivity index (χ1) is 9.28. The molecule has 1 aliphatic rings. The number of aliphatic carboxylic acids is 1. The fourth-order valence-electron chi connectivity index (χ4n) is 2.87. The Morgan fingerprint density at radius 3 is 2.40 bits per heavy atom. The zero-order chi connectivity index (χ0) is 15.3. The van der Waals surface area contributed by atoms with E-state index < -0.39 is 11.5 Å². The standard InChI is InChI=1S/C15H28N2O3/c1-5-8-15(4,13(18)19)17-14(20)16-12-7-6-10(2)11(3)9-12/h10-12H,5-9H2,1-4H3,(H,18,19)(H2,16,17,20). The second kappa shape index (κ2) is 6.95. The molecule has 5 heteroatoms. The molecule has 0 saturated heterocycles. The predicted octanol–water partition coefficient (Wildman–Crippen LogP) is 2.75. The summed E-state index contributed by atoms with van der Waals surface area (Å²) >= 11 is 0. The van der Waals surface area contributed by atoms with Crippen molar-refractivity contribution < 1.29 is 14.7 Å². The van der Waals surface area contributed by atoms with E-state index in [0.717, 1.165) is 19.3 Å². The van der Waals surface area contributed by atoms with E-state index in [0.29, 0.717) is 24.7 Å². The molecule has 0 aliphatic heterocycles. The van der Waals surface area contributed by atoms with Crippen LogP contribution in [0.1, 0.15) is 59.8 Å². The summed E-state index contributed by atoms with van der Waals surface area (Å²) in [5, 5.41) is 14.8. The largest absolute Gasteiger partial charge is 0.480 e. The van der Waals surface area contributed by atoms with E-state index in [1.807, 2.05) is 6.92 Å². The van der Waals surface area contributed by atoms with Crippen molar-refractivity contribution in [3.05, 3.63) is 0 Å². The molecule has 1 aliphatic carbocycles. The van der Waals surface area contributed by atoms with Gasteiger partial charge in [0.1, 0.15) is 5.54 Å². The molecular weight excluding hydrogens is 256 g/mol. The molecular formula is C15H28N2O3. The van der Waals surface area contributed by atoms with Gasteiger partial charge in [0, 0.05) is 6.04 Å². The summed E-state index contributed by atoms with van der Waals surface area (Å²) in [6.07, 6.45) is 4.18. The van der Waals surface area contributed by atoms with Gasteiger partial charge in [-0.05, 0) is 44.4 Å². The summed E-state index contributed by atoms with van der Waals surface area (Å²) in [6, 6.07) is -0.212. The van der Waals surface area contributed by atoms with Gasteiger partial charge in [-0.15, -0.1) is 0 Å². The van der Waals surface area contributed by atoms with E-state index in [1.165, 1.54) is 0 Å². The lowest BCUT2D eigenvalue weighted by molar-refractivity contribution is -0.144. The van der Waals surface area contributed by atoms with Crippen molar-refractivity contribution in [3.63, 3.8) is 0 Å². The summed E-state index contributed by atoms with van der Waals surface area (Å²) < 4.78 is 0. The Labute approximate surface area is 121 Å². The molecule has 0 aromatic rings. The van der Waals surface area contributed by atoms with Gasteiger partial charge in [0.25, 0.3) is 0 Å². The van der Waals surface area contributed by atoms with Crippen LogP contribution in [0.5, 0.6) is 0 Å². The van der Waals surface area contributed by atoms with Gasteiger partial charge in [-0.1, -0.05) is 27.2 Å². The summed E-state index contributed by atoms with van der Waals surface area (Å²) in [6.45, 7) is 7.91. The maximum absolute atomic E-state index is 12.0. The number of carboxylic acid groups (broad SMARTS) is 1. The molecule has 1 rings (SSSR count). The van der Waals surface area contributed by atoms with Crippen LogP contribution in [0.15, 0.2) is 0 Å². The number of amides is 2. The number of carbonyl (C=O) groups is 2. The van der Waals surface area contributed by atoms with Gasteiger partial charge in [-0.2, -0.15) is 0 Å². The molecule has 5 nitrogen and oxygen atoms in total. The van der Waals surface area contributed by atoms with Crippen molar-refractivity contribution in [1.29, 1.82) is 0 Å². The molecule has 0 bridgehead atoms. The van der Waals surface area contributed by atoms with E-state index in [-0.39, 0.29) is 12.1 Å². The molecule has 4 unspecified atom stereocenters. The van der Waals surface area contributed by atoms with Crippen LogP contribution in [0, 0.1) is 11.8 Å². The summed E-state index contributed by atoms with van der Waals surface area (Å²) in [5.74, 6) is 0.302. The second-order valence-electron chi connectivity index (χ2n) is 6.45. The number of rotatable bonds is 5. The zero-order valence-electron chi connectivity index (χ0n) is 13.0. The molecule has 0 aromatic heterocycles. The van der Waals surface area contributed by atoms with E-state index in [9.17, 15) is 14.7 Å². The SMILES string of the molecule is CCCC(C)(NC(=O)NC1CCC(C)C(C)C1)C(=O)O. The second-order valence-corrected chi connectivity index (χ2v) is 6.45. The number of nitrogens with one attached hydrogen (secondary N) is 2. The van der Waals surface area contributed by atoms with Crippen LogP contribution in [0.25, 0.3) is 0 Å². The Hall–Kier alpha value is -1.26. The van der Waals surface area contributed by atoms with Gasteiger partial charge >= 0.3 is 12.0 Å². The maximum Gasteiger partial charge on any atom is 0.329 e. The Bertz CT molecular complexity index is 359. The lowest BCUT2D eigenvalue weighted by atomic mass is 9.79.